The van der Waals surface area contributed by atoms with Crippen molar-refractivity contribution in [2.45, 2.75) is 43.7 Å². The molecule has 1 atom stereocenters. The minimum atomic E-state index is -4.04. The Morgan fingerprint density at radius 3 is 2.30 bits per heavy atom. The van der Waals surface area contributed by atoms with Crippen molar-refractivity contribution in [3.8, 4) is 0 Å². The summed E-state index contributed by atoms with van der Waals surface area (Å²) in [7, 11) is -4.04. The van der Waals surface area contributed by atoms with Crippen LogP contribution in [0.4, 0.5) is 5.69 Å². The van der Waals surface area contributed by atoms with E-state index in [4.69, 9.17) is 0 Å². The Bertz CT molecular complexity index is 1250. The molecule has 0 bridgehead atoms. The van der Waals surface area contributed by atoms with Gasteiger partial charge in [0.2, 0.25) is 15.9 Å². The largest absolute Gasteiger partial charge is 0.274 e. The number of hydrogen-bond acceptors (Lipinski definition) is 5. The van der Waals surface area contributed by atoms with Gasteiger partial charge >= 0.3 is 0 Å². The molecule has 1 aromatic heterocycles. The monoisotopic (exact) mass is 546 g/mol. The fraction of sp³-hybridized carbons (Fsp3) is 0.250. The van der Waals surface area contributed by atoms with E-state index < -0.39 is 27.9 Å². The maximum Gasteiger partial charge on any atom is 0.252 e. The topological polar surface area (TPSA) is 74.8 Å². The summed E-state index contributed by atoms with van der Waals surface area (Å²) >= 11 is 4.72. The first-order chi connectivity index (χ1) is 15.7. The average molecular weight is 547 g/mol. The van der Waals surface area contributed by atoms with Crippen LogP contribution in [-0.4, -0.2) is 30.6 Å². The van der Waals surface area contributed by atoms with Crippen molar-refractivity contribution in [2.24, 2.45) is 0 Å². The van der Waals surface area contributed by atoms with Crippen LogP contribution in [0, 0.1) is 0 Å². The second kappa shape index (κ2) is 9.50. The van der Waals surface area contributed by atoms with Crippen LogP contribution in [0.3, 0.4) is 0 Å². The molecule has 0 spiro atoms. The van der Waals surface area contributed by atoms with Crippen LogP contribution in [-0.2, 0) is 26.2 Å². The minimum absolute atomic E-state index is 0.0138. The van der Waals surface area contributed by atoms with Gasteiger partial charge in [-0.15, -0.1) is 11.3 Å². The molecule has 1 aliphatic rings. The molecule has 3 aromatic rings. The molecule has 0 radical (unpaired) electrons. The number of carbonyl (C=O) groups is 2. The highest BCUT2D eigenvalue weighted by Gasteiger charge is 2.47. The van der Waals surface area contributed by atoms with E-state index in [1.54, 1.807) is 24.3 Å². The molecule has 33 heavy (non-hydrogen) atoms. The van der Waals surface area contributed by atoms with Gasteiger partial charge in [-0.1, -0.05) is 48.0 Å². The number of anilines is 1. The molecule has 1 fully saturated rings. The van der Waals surface area contributed by atoms with E-state index in [0.29, 0.717) is 11.6 Å². The third kappa shape index (κ3) is 4.82. The van der Waals surface area contributed by atoms with E-state index in [-0.39, 0.29) is 17.9 Å². The number of imide groups is 1. The van der Waals surface area contributed by atoms with Gasteiger partial charge in [-0.25, -0.2) is 13.3 Å². The lowest BCUT2D eigenvalue weighted by Crippen LogP contribution is -2.44. The van der Waals surface area contributed by atoms with Gasteiger partial charge < -0.3 is 0 Å². The summed E-state index contributed by atoms with van der Waals surface area (Å²) in [6.07, 6.45) is -0.202. The van der Waals surface area contributed by atoms with Gasteiger partial charge in [0, 0.05) is 15.9 Å². The normalized spacial score (nSPS) is 16.9. The van der Waals surface area contributed by atoms with Crippen LogP contribution in [0.15, 0.2) is 75.4 Å². The molecule has 0 aliphatic carbocycles. The maximum absolute atomic E-state index is 13.6. The Morgan fingerprint density at radius 2 is 1.73 bits per heavy atom. The fourth-order valence-electron chi connectivity index (χ4n) is 3.78. The van der Waals surface area contributed by atoms with Crippen molar-refractivity contribution >= 4 is 54.8 Å². The van der Waals surface area contributed by atoms with Crippen LogP contribution in [0.2, 0.25) is 0 Å². The van der Waals surface area contributed by atoms with Crippen molar-refractivity contribution in [1.82, 2.24) is 4.31 Å². The van der Waals surface area contributed by atoms with Gasteiger partial charge in [0.25, 0.3) is 5.91 Å². The number of hydrogen-bond donors (Lipinski definition) is 0. The first-order valence-electron chi connectivity index (χ1n) is 10.4. The second-order valence-corrected chi connectivity index (χ2v) is 12.0. The van der Waals surface area contributed by atoms with Crippen molar-refractivity contribution in [3.05, 3.63) is 81.0 Å². The van der Waals surface area contributed by atoms with Crippen molar-refractivity contribution in [3.63, 3.8) is 0 Å². The molecule has 1 saturated heterocycles. The molecule has 1 unspecified atom stereocenters. The smallest absolute Gasteiger partial charge is 0.252 e. The molecule has 4 rings (SSSR count). The molecule has 2 amide bonds. The first-order valence-corrected chi connectivity index (χ1v) is 13.6. The number of thiophene rings is 1. The van der Waals surface area contributed by atoms with Gasteiger partial charge in [-0.05, 0) is 59.3 Å². The summed E-state index contributed by atoms with van der Waals surface area (Å²) in [6.45, 7) is 4.14. The SMILES string of the molecule is CC(C)c1ccc(N2C(=O)CC(N(Cc3cccs3)S(=O)(=O)c3ccc(Br)cc3)C2=O)cc1. The maximum atomic E-state index is 13.6. The number of carbonyl (C=O) groups excluding carboxylic acids is 2. The van der Waals surface area contributed by atoms with E-state index in [0.717, 1.165) is 24.1 Å². The highest BCUT2D eigenvalue weighted by atomic mass is 79.9. The Hall–Kier alpha value is -2.33. The number of sulfonamides is 1. The standard InChI is InChI=1S/C24H23BrN2O4S2/c1-16(2)17-5-9-19(10-6-17)27-23(28)14-22(24(27)29)26(15-20-4-3-13-32-20)33(30,31)21-11-7-18(25)8-12-21/h3-13,16,22H,14-15H2,1-2H3. The lowest BCUT2D eigenvalue weighted by Gasteiger charge is -2.26. The molecule has 0 N–H and O–H groups in total. The van der Waals surface area contributed by atoms with Crippen molar-refractivity contribution in [2.75, 3.05) is 4.90 Å². The first kappa shape index (κ1) is 23.8. The number of benzene rings is 2. The van der Waals surface area contributed by atoms with E-state index >= 15 is 0 Å². The molecular formula is C24H23BrN2O4S2. The quantitative estimate of drug-likeness (QED) is 0.383. The summed E-state index contributed by atoms with van der Waals surface area (Å²) < 4.78 is 29.1. The van der Waals surface area contributed by atoms with Crippen LogP contribution < -0.4 is 4.90 Å². The van der Waals surface area contributed by atoms with E-state index in [1.165, 1.54) is 23.5 Å². The highest BCUT2D eigenvalue weighted by Crippen LogP contribution is 2.32. The van der Waals surface area contributed by atoms with E-state index in [2.05, 4.69) is 29.8 Å². The van der Waals surface area contributed by atoms with Crippen molar-refractivity contribution in [1.29, 1.82) is 0 Å². The predicted octanol–water partition coefficient (Wildman–Crippen LogP) is 5.16. The average Bonchev–Trinajstić information content (AvgIpc) is 3.39. The lowest BCUT2D eigenvalue weighted by atomic mass is 10.0. The molecule has 0 saturated carbocycles. The van der Waals surface area contributed by atoms with Gasteiger partial charge in [0.15, 0.2) is 0 Å². The highest BCUT2D eigenvalue weighted by molar-refractivity contribution is 9.10. The van der Waals surface area contributed by atoms with E-state index in [9.17, 15) is 18.0 Å². The van der Waals surface area contributed by atoms with Crippen LogP contribution in [0.5, 0.6) is 0 Å². The summed E-state index contributed by atoms with van der Waals surface area (Å²) in [4.78, 5) is 28.3. The molecular weight excluding hydrogens is 524 g/mol. The zero-order valence-electron chi connectivity index (χ0n) is 18.1. The Kier molecular flexibility index (Phi) is 6.86. The number of halogens is 1. The molecule has 6 nitrogen and oxygen atoms in total. The summed E-state index contributed by atoms with van der Waals surface area (Å²) in [5.41, 5.74) is 1.54. The summed E-state index contributed by atoms with van der Waals surface area (Å²) in [6, 6.07) is 16.0. The zero-order chi connectivity index (χ0) is 23.8. The lowest BCUT2D eigenvalue weighted by molar-refractivity contribution is -0.122. The Labute approximate surface area is 206 Å². The predicted molar refractivity (Wildman–Crippen MR) is 133 cm³/mol. The third-order valence-corrected chi connectivity index (χ3v) is 8.86. The Balaban J connectivity index is 1.70. The summed E-state index contributed by atoms with van der Waals surface area (Å²) in [5.74, 6) is -0.631. The second-order valence-electron chi connectivity index (χ2n) is 8.12. The van der Waals surface area contributed by atoms with Gasteiger partial charge in [-0.3, -0.25) is 9.59 Å². The third-order valence-electron chi connectivity index (χ3n) is 5.60. The zero-order valence-corrected chi connectivity index (χ0v) is 21.4. The van der Waals surface area contributed by atoms with Crippen LogP contribution in [0.1, 0.15) is 36.6 Å². The number of nitrogens with zero attached hydrogens (tertiary/aromatic N) is 2. The van der Waals surface area contributed by atoms with Gasteiger partial charge in [-0.2, -0.15) is 4.31 Å². The van der Waals surface area contributed by atoms with Gasteiger partial charge in [0.1, 0.15) is 6.04 Å². The fourth-order valence-corrected chi connectivity index (χ4v) is 6.39. The number of amides is 2. The molecule has 2 heterocycles. The van der Waals surface area contributed by atoms with E-state index in [1.807, 2.05) is 29.6 Å². The van der Waals surface area contributed by atoms with Crippen molar-refractivity contribution < 1.29 is 18.0 Å². The number of rotatable bonds is 7. The Morgan fingerprint density at radius 1 is 1.06 bits per heavy atom. The molecule has 172 valence electrons. The molecule has 2 aromatic carbocycles. The van der Waals surface area contributed by atoms with Crippen LogP contribution in [0.25, 0.3) is 0 Å². The summed E-state index contributed by atoms with van der Waals surface area (Å²) in [5, 5.41) is 1.85. The molecule has 9 heteroatoms. The molecule has 1 aliphatic heterocycles. The van der Waals surface area contributed by atoms with Crippen LogP contribution >= 0.6 is 27.3 Å². The van der Waals surface area contributed by atoms with Gasteiger partial charge in [0.05, 0.1) is 17.0 Å². The minimum Gasteiger partial charge on any atom is -0.274 e.